The first-order valence-corrected chi connectivity index (χ1v) is 3.41. The van der Waals surface area contributed by atoms with Crippen molar-refractivity contribution in [2.45, 2.75) is 13.5 Å². The van der Waals surface area contributed by atoms with Gasteiger partial charge in [-0.3, -0.25) is 0 Å². The monoisotopic (exact) mass is 194 g/mol. The minimum absolute atomic E-state index is 0.0528. The van der Waals surface area contributed by atoms with E-state index in [4.69, 9.17) is 0 Å². The Balaban J connectivity index is 3.01. The van der Waals surface area contributed by atoms with Crippen molar-refractivity contribution in [2.75, 3.05) is 0 Å². The molecule has 1 aromatic rings. The Kier molecular flexibility index (Phi) is 2.75. The summed E-state index contributed by atoms with van der Waals surface area (Å²) >= 11 is 0. The third-order valence-corrected chi connectivity index (χ3v) is 1.43. The normalized spacial score (nSPS) is 10.6. The molecule has 5 heteroatoms. The third kappa shape index (κ3) is 2.34. The van der Waals surface area contributed by atoms with Crippen LogP contribution < -0.4 is 4.74 Å². The lowest BCUT2D eigenvalue weighted by Crippen LogP contribution is -2.04. The second-order valence-electron chi connectivity index (χ2n) is 2.41. The summed E-state index contributed by atoms with van der Waals surface area (Å²) in [6.07, 6.45) is 0. The Labute approximate surface area is 71.9 Å². The molecule has 0 fully saturated rings. The first-order valence-electron chi connectivity index (χ1n) is 3.41. The van der Waals surface area contributed by atoms with Crippen molar-refractivity contribution in [3.8, 4) is 5.75 Å². The number of rotatable bonds is 2. The zero-order valence-corrected chi connectivity index (χ0v) is 6.65. The van der Waals surface area contributed by atoms with Crippen molar-refractivity contribution in [3.05, 3.63) is 29.3 Å². The van der Waals surface area contributed by atoms with Crippen LogP contribution in [0.3, 0.4) is 0 Å². The fourth-order valence-electron chi connectivity index (χ4n) is 0.817. The van der Waals surface area contributed by atoms with Gasteiger partial charge in [0.25, 0.3) is 0 Å². The first kappa shape index (κ1) is 9.83. The van der Waals surface area contributed by atoms with Crippen LogP contribution in [0.5, 0.6) is 5.75 Å². The second kappa shape index (κ2) is 3.64. The molecule has 0 spiro atoms. The number of aryl methyl sites for hydroxylation is 1. The highest BCUT2D eigenvalue weighted by molar-refractivity contribution is 5.30. The van der Waals surface area contributed by atoms with E-state index >= 15 is 0 Å². The highest BCUT2D eigenvalue weighted by Gasteiger charge is 2.12. The lowest BCUT2D eigenvalue weighted by Gasteiger charge is -2.06. The average Bonchev–Trinajstić information content (AvgIpc) is 1.99. The molecule has 0 atom stereocenters. The Morgan fingerprint density at radius 2 is 1.77 bits per heavy atom. The molecule has 72 valence electrons. The van der Waals surface area contributed by atoms with Gasteiger partial charge < -0.3 is 4.74 Å². The zero-order chi connectivity index (χ0) is 10.0. The third-order valence-electron chi connectivity index (χ3n) is 1.43. The lowest BCUT2D eigenvalue weighted by molar-refractivity contribution is -0.0522. The molecule has 0 bridgehead atoms. The van der Waals surface area contributed by atoms with Crippen LogP contribution in [-0.4, -0.2) is 6.61 Å². The number of halogens is 4. The molecule has 1 aromatic carbocycles. The summed E-state index contributed by atoms with van der Waals surface area (Å²) in [7, 11) is 0. The maximum atomic E-state index is 12.7. The molecule has 0 aliphatic carbocycles. The van der Waals surface area contributed by atoms with Crippen molar-refractivity contribution in [1.82, 2.24) is 0 Å². The van der Waals surface area contributed by atoms with E-state index in [-0.39, 0.29) is 5.56 Å². The highest BCUT2D eigenvalue weighted by Crippen LogP contribution is 2.22. The Morgan fingerprint density at radius 1 is 1.15 bits per heavy atom. The van der Waals surface area contributed by atoms with E-state index in [1.807, 2.05) is 0 Å². The van der Waals surface area contributed by atoms with Gasteiger partial charge in [-0.1, -0.05) is 0 Å². The van der Waals surface area contributed by atoms with Crippen LogP contribution in [0, 0.1) is 18.6 Å². The van der Waals surface area contributed by atoms with Gasteiger partial charge in [0, 0.05) is 6.07 Å². The van der Waals surface area contributed by atoms with Gasteiger partial charge in [-0.15, -0.1) is 0 Å². The number of hydrogen-bond donors (Lipinski definition) is 0. The van der Waals surface area contributed by atoms with Gasteiger partial charge in [-0.2, -0.15) is 8.78 Å². The average molecular weight is 194 g/mol. The number of benzene rings is 1. The van der Waals surface area contributed by atoms with Crippen LogP contribution >= 0.6 is 0 Å². The molecule has 0 heterocycles. The lowest BCUT2D eigenvalue weighted by atomic mass is 10.2. The van der Waals surface area contributed by atoms with Crippen LogP contribution in [0.2, 0.25) is 0 Å². The van der Waals surface area contributed by atoms with Gasteiger partial charge >= 0.3 is 6.61 Å². The molecule has 0 saturated heterocycles. The Morgan fingerprint density at radius 3 is 2.31 bits per heavy atom. The molecule has 0 amide bonds. The Bertz CT molecular complexity index is 311. The standard InChI is InChI=1S/C8H6F4O/c1-4-2-7(13-8(11)12)6(10)3-5(4)9/h2-3,8H,1H3. The molecule has 0 unspecified atom stereocenters. The van der Waals surface area contributed by atoms with E-state index in [2.05, 4.69) is 4.74 Å². The van der Waals surface area contributed by atoms with Crippen LogP contribution in [0.1, 0.15) is 5.56 Å². The van der Waals surface area contributed by atoms with Crippen molar-refractivity contribution >= 4 is 0 Å². The van der Waals surface area contributed by atoms with E-state index in [0.29, 0.717) is 6.07 Å². The predicted octanol–water partition coefficient (Wildman–Crippen LogP) is 2.87. The van der Waals surface area contributed by atoms with Gasteiger partial charge in [0.2, 0.25) is 0 Å². The van der Waals surface area contributed by atoms with Crippen LogP contribution in [0.25, 0.3) is 0 Å². The fourth-order valence-corrected chi connectivity index (χ4v) is 0.817. The largest absolute Gasteiger partial charge is 0.432 e. The van der Waals surface area contributed by atoms with Crippen molar-refractivity contribution in [1.29, 1.82) is 0 Å². The molecule has 0 aliphatic heterocycles. The maximum absolute atomic E-state index is 12.7. The first-order chi connectivity index (χ1) is 6.00. The maximum Gasteiger partial charge on any atom is 0.387 e. The summed E-state index contributed by atoms with van der Waals surface area (Å²) in [4.78, 5) is 0. The van der Waals surface area contributed by atoms with Gasteiger partial charge in [-0.05, 0) is 18.6 Å². The van der Waals surface area contributed by atoms with Crippen LogP contribution in [-0.2, 0) is 0 Å². The fraction of sp³-hybridized carbons (Fsp3) is 0.250. The topological polar surface area (TPSA) is 9.23 Å². The summed E-state index contributed by atoms with van der Waals surface area (Å²) in [5.74, 6) is -2.57. The zero-order valence-electron chi connectivity index (χ0n) is 6.65. The van der Waals surface area contributed by atoms with Crippen molar-refractivity contribution < 1.29 is 22.3 Å². The SMILES string of the molecule is Cc1cc(OC(F)F)c(F)cc1F. The second-order valence-corrected chi connectivity index (χ2v) is 2.41. The van der Waals surface area contributed by atoms with Crippen molar-refractivity contribution in [2.24, 2.45) is 0 Å². The summed E-state index contributed by atoms with van der Waals surface area (Å²) in [6, 6.07) is 1.39. The summed E-state index contributed by atoms with van der Waals surface area (Å²) in [5.41, 5.74) is 0.0528. The molecule has 0 N–H and O–H groups in total. The number of ether oxygens (including phenoxy) is 1. The van der Waals surface area contributed by atoms with E-state index in [1.54, 1.807) is 0 Å². The number of alkyl halides is 2. The predicted molar refractivity (Wildman–Crippen MR) is 37.7 cm³/mol. The molecule has 0 aliphatic rings. The van der Waals surface area contributed by atoms with E-state index in [0.717, 1.165) is 6.07 Å². The van der Waals surface area contributed by atoms with E-state index in [9.17, 15) is 17.6 Å². The molecule has 1 rings (SSSR count). The number of hydrogen-bond acceptors (Lipinski definition) is 1. The molecular weight excluding hydrogens is 188 g/mol. The molecular formula is C8H6F4O. The molecule has 0 aromatic heterocycles. The minimum Gasteiger partial charge on any atom is -0.432 e. The molecule has 0 radical (unpaired) electrons. The van der Waals surface area contributed by atoms with Gasteiger partial charge in [-0.25, -0.2) is 8.78 Å². The smallest absolute Gasteiger partial charge is 0.387 e. The van der Waals surface area contributed by atoms with Gasteiger partial charge in [0.05, 0.1) is 0 Å². The molecule has 0 saturated carbocycles. The molecule has 1 nitrogen and oxygen atoms in total. The summed E-state index contributed by atoms with van der Waals surface area (Å²) in [5, 5.41) is 0. The quantitative estimate of drug-likeness (QED) is 0.657. The van der Waals surface area contributed by atoms with Crippen LogP contribution in [0.15, 0.2) is 12.1 Å². The summed E-state index contributed by atoms with van der Waals surface area (Å²) < 4.78 is 52.4. The van der Waals surface area contributed by atoms with Gasteiger partial charge in [0.15, 0.2) is 11.6 Å². The molecule has 13 heavy (non-hydrogen) atoms. The van der Waals surface area contributed by atoms with E-state index in [1.165, 1.54) is 6.92 Å². The summed E-state index contributed by atoms with van der Waals surface area (Å²) in [6.45, 7) is -1.79. The van der Waals surface area contributed by atoms with E-state index < -0.39 is 24.0 Å². The minimum atomic E-state index is -3.11. The van der Waals surface area contributed by atoms with Crippen LogP contribution in [0.4, 0.5) is 17.6 Å². The van der Waals surface area contributed by atoms with Gasteiger partial charge in [0.1, 0.15) is 5.82 Å². The van der Waals surface area contributed by atoms with Crippen molar-refractivity contribution in [3.63, 3.8) is 0 Å². The highest BCUT2D eigenvalue weighted by atomic mass is 19.3. The Hall–Kier alpha value is -1.26.